The molecule has 7 heteroatoms. The molecule has 1 unspecified atom stereocenters. The number of anilines is 1. The lowest BCUT2D eigenvalue weighted by Crippen LogP contribution is -2.33. The average molecular weight is 368 g/mol. The van der Waals surface area contributed by atoms with Crippen LogP contribution in [0.5, 0.6) is 0 Å². The first-order chi connectivity index (χ1) is 13.0. The number of nitrogens with two attached hydrogens (primary N) is 2. The number of nitrogen functional groups attached to an aromatic ring is 1. The van der Waals surface area contributed by atoms with Gasteiger partial charge in [0.1, 0.15) is 11.6 Å². The number of rotatable bonds is 6. The molecule has 0 spiro atoms. The second kappa shape index (κ2) is 8.92. The van der Waals surface area contributed by atoms with Gasteiger partial charge in [-0.2, -0.15) is 0 Å². The van der Waals surface area contributed by atoms with E-state index in [9.17, 15) is 4.79 Å². The maximum atomic E-state index is 11.4. The number of likely N-dealkylation sites (tertiary alicyclic amines) is 1. The van der Waals surface area contributed by atoms with Crippen LogP contribution in [0.15, 0.2) is 36.5 Å². The predicted octanol–water partition coefficient (Wildman–Crippen LogP) is 1.64. The maximum Gasteiger partial charge on any atom is 0.248 e. The Labute approximate surface area is 160 Å². The quantitative estimate of drug-likeness (QED) is 0.804. The lowest BCUT2D eigenvalue weighted by Gasteiger charge is -2.26. The molecule has 1 aromatic heterocycles. The van der Waals surface area contributed by atoms with Crippen LogP contribution in [0, 0.1) is 0 Å². The van der Waals surface area contributed by atoms with Crippen LogP contribution in [0.25, 0.3) is 0 Å². The summed E-state index contributed by atoms with van der Waals surface area (Å²) in [7, 11) is 2.13. The number of primary amides is 1. The summed E-state index contributed by atoms with van der Waals surface area (Å²) in [5, 5.41) is 0. The van der Waals surface area contributed by atoms with Crippen molar-refractivity contribution in [3.05, 3.63) is 53.5 Å². The zero-order chi connectivity index (χ0) is 19.2. The van der Waals surface area contributed by atoms with Gasteiger partial charge in [0.15, 0.2) is 0 Å². The van der Waals surface area contributed by atoms with E-state index >= 15 is 0 Å². The Balaban J connectivity index is 1.55. The smallest absolute Gasteiger partial charge is 0.248 e. The summed E-state index contributed by atoms with van der Waals surface area (Å²) >= 11 is 0. The number of carbonyl (C=O) groups excluding carboxylic acids is 1. The van der Waals surface area contributed by atoms with E-state index in [0.29, 0.717) is 24.0 Å². The fourth-order valence-electron chi connectivity index (χ4n) is 3.66. The molecule has 7 nitrogen and oxygen atoms in total. The van der Waals surface area contributed by atoms with E-state index in [-0.39, 0.29) is 5.91 Å². The third-order valence-electron chi connectivity index (χ3n) is 5.15. The lowest BCUT2D eigenvalue weighted by atomic mass is 10.1. The van der Waals surface area contributed by atoms with Gasteiger partial charge in [0.2, 0.25) is 5.91 Å². The molecule has 1 aliphatic rings. The molecular formula is C20H28N6O. The predicted molar refractivity (Wildman–Crippen MR) is 106 cm³/mol. The van der Waals surface area contributed by atoms with Gasteiger partial charge >= 0.3 is 0 Å². The summed E-state index contributed by atoms with van der Waals surface area (Å²) < 4.78 is 0. The van der Waals surface area contributed by atoms with Crippen molar-refractivity contribution in [1.82, 2.24) is 19.8 Å². The highest BCUT2D eigenvalue weighted by Crippen LogP contribution is 2.19. The van der Waals surface area contributed by atoms with Crippen LogP contribution in [-0.2, 0) is 13.1 Å². The van der Waals surface area contributed by atoms with Crippen LogP contribution in [-0.4, -0.2) is 51.9 Å². The SMILES string of the molecule is CN(Cc1nccc(N)n1)C1CCCN(Cc2cccc(C(N)=O)c2)CC1. The van der Waals surface area contributed by atoms with Gasteiger partial charge in [-0.15, -0.1) is 0 Å². The molecule has 1 aliphatic heterocycles. The lowest BCUT2D eigenvalue weighted by molar-refractivity contribution is 0.1000. The molecule has 27 heavy (non-hydrogen) atoms. The largest absolute Gasteiger partial charge is 0.384 e. The molecule has 0 bridgehead atoms. The molecule has 0 radical (unpaired) electrons. The van der Waals surface area contributed by atoms with Crippen molar-refractivity contribution in [2.45, 2.75) is 38.4 Å². The van der Waals surface area contributed by atoms with Crippen LogP contribution in [0.2, 0.25) is 0 Å². The van der Waals surface area contributed by atoms with Crippen molar-refractivity contribution in [3.8, 4) is 0 Å². The molecule has 1 saturated heterocycles. The standard InChI is InChI=1S/C20H28N6O/c1-25(14-19-23-9-7-18(21)24-19)17-6-3-10-26(11-8-17)13-15-4-2-5-16(12-15)20(22)27/h2,4-5,7,9,12,17H,3,6,8,10-11,13-14H2,1H3,(H2,22,27)(H2,21,23,24). The third-order valence-corrected chi connectivity index (χ3v) is 5.15. The van der Waals surface area contributed by atoms with Gasteiger partial charge in [0, 0.05) is 24.3 Å². The molecule has 1 amide bonds. The molecule has 4 N–H and O–H groups in total. The Morgan fingerprint density at radius 3 is 2.93 bits per heavy atom. The molecule has 1 aromatic carbocycles. The maximum absolute atomic E-state index is 11.4. The Kier molecular flexibility index (Phi) is 6.36. The van der Waals surface area contributed by atoms with Crippen LogP contribution in [0.3, 0.4) is 0 Å². The first-order valence-corrected chi connectivity index (χ1v) is 9.40. The summed E-state index contributed by atoms with van der Waals surface area (Å²) in [6.45, 7) is 3.62. The Bertz CT molecular complexity index is 781. The second-order valence-electron chi connectivity index (χ2n) is 7.24. The van der Waals surface area contributed by atoms with Crippen LogP contribution < -0.4 is 11.5 Å². The Morgan fingerprint density at radius 1 is 1.30 bits per heavy atom. The Hall–Kier alpha value is -2.51. The normalized spacial score (nSPS) is 18.4. The number of benzene rings is 1. The van der Waals surface area contributed by atoms with Crippen molar-refractivity contribution in [1.29, 1.82) is 0 Å². The van der Waals surface area contributed by atoms with Gasteiger partial charge in [0.25, 0.3) is 0 Å². The van der Waals surface area contributed by atoms with E-state index in [0.717, 1.165) is 50.3 Å². The monoisotopic (exact) mass is 368 g/mol. The number of hydrogen-bond acceptors (Lipinski definition) is 6. The molecule has 144 valence electrons. The highest BCUT2D eigenvalue weighted by atomic mass is 16.1. The molecule has 2 heterocycles. The van der Waals surface area contributed by atoms with Crippen molar-refractivity contribution in [2.75, 3.05) is 25.9 Å². The zero-order valence-electron chi connectivity index (χ0n) is 15.8. The second-order valence-corrected chi connectivity index (χ2v) is 7.24. The summed E-state index contributed by atoms with van der Waals surface area (Å²) in [6, 6.07) is 9.82. The van der Waals surface area contributed by atoms with Crippen molar-refractivity contribution in [2.24, 2.45) is 5.73 Å². The van der Waals surface area contributed by atoms with E-state index in [2.05, 4.69) is 32.9 Å². The molecule has 2 aromatic rings. The minimum Gasteiger partial charge on any atom is -0.384 e. The third kappa shape index (κ3) is 5.48. The van der Waals surface area contributed by atoms with E-state index in [1.165, 1.54) is 0 Å². The minimum absolute atomic E-state index is 0.377. The highest BCUT2D eigenvalue weighted by Gasteiger charge is 2.21. The topological polar surface area (TPSA) is 101 Å². The Morgan fingerprint density at radius 2 is 2.15 bits per heavy atom. The minimum atomic E-state index is -0.377. The van der Waals surface area contributed by atoms with E-state index in [1.807, 2.05) is 12.1 Å². The first-order valence-electron chi connectivity index (χ1n) is 9.40. The number of nitrogens with zero attached hydrogens (tertiary/aromatic N) is 4. The van der Waals surface area contributed by atoms with Gasteiger partial charge in [-0.1, -0.05) is 12.1 Å². The van der Waals surface area contributed by atoms with Gasteiger partial charge in [-0.25, -0.2) is 9.97 Å². The molecular weight excluding hydrogens is 340 g/mol. The van der Waals surface area contributed by atoms with Crippen molar-refractivity contribution >= 4 is 11.7 Å². The summed E-state index contributed by atoms with van der Waals surface area (Å²) in [5.41, 5.74) is 12.8. The molecule has 0 saturated carbocycles. The zero-order valence-corrected chi connectivity index (χ0v) is 15.8. The van der Waals surface area contributed by atoms with Gasteiger partial charge in [-0.3, -0.25) is 14.6 Å². The number of amides is 1. The van der Waals surface area contributed by atoms with Gasteiger partial charge in [0.05, 0.1) is 6.54 Å². The van der Waals surface area contributed by atoms with Gasteiger partial charge < -0.3 is 11.5 Å². The molecule has 1 atom stereocenters. The van der Waals surface area contributed by atoms with E-state index < -0.39 is 0 Å². The first kappa shape index (κ1) is 19.3. The van der Waals surface area contributed by atoms with Crippen LogP contribution in [0.4, 0.5) is 5.82 Å². The van der Waals surface area contributed by atoms with E-state index in [4.69, 9.17) is 11.5 Å². The van der Waals surface area contributed by atoms with Crippen LogP contribution in [0.1, 0.15) is 41.0 Å². The highest BCUT2D eigenvalue weighted by molar-refractivity contribution is 5.92. The fraction of sp³-hybridized carbons (Fsp3) is 0.450. The molecule has 0 aliphatic carbocycles. The van der Waals surface area contributed by atoms with Crippen molar-refractivity contribution < 1.29 is 4.79 Å². The van der Waals surface area contributed by atoms with Gasteiger partial charge in [-0.05, 0) is 63.2 Å². The van der Waals surface area contributed by atoms with E-state index in [1.54, 1.807) is 18.3 Å². The molecule has 3 rings (SSSR count). The fourth-order valence-corrected chi connectivity index (χ4v) is 3.66. The number of aromatic nitrogens is 2. The average Bonchev–Trinajstić information content (AvgIpc) is 2.87. The van der Waals surface area contributed by atoms with Crippen LogP contribution >= 0.6 is 0 Å². The summed E-state index contributed by atoms with van der Waals surface area (Å²) in [6.07, 6.45) is 5.09. The van der Waals surface area contributed by atoms with Crippen molar-refractivity contribution in [3.63, 3.8) is 0 Å². The number of carbonyl (C=O) groups is 1. The summed E-state index contributed by atoms with van der Waals surface area (Å²) in [4.78, 5) is 24.8. The number of hydrogen-bond donors (Lipinski definition) is 2. The summed E-state index contributed by atoms with van der Waals surface area (Å²) in [5.74, 6) is 0.902. The molecule has 1 fully saturated rings.